The fourth-order valence-corrected chi connectivity index (χ4v) is 11.4. The van der Waals surface area contributed by atoms with Gasteiger partial charge in [-0.1, -0.05) is 36.4 Å². The molecule has 0 spiro atoms. The van der Waals surface area contributed by atoms with Crippen molar-refractivity contribution in [2.45, 2.75) is 38.7 Å². The maximum atomic E-state index is 10.7. The molecular formula is C35H44Cl6F6N6O6P2S2. The number of alkyl halides is 12. The van der Waals surface area contributed by atoms with E-state index in [1.807, 2.05) is 0 Å². The second-order valence-corrected chi connectivity index (χ2v) is 21.8. The highest BCUT2D eigenvalue weighted by molar-refractivity contribution is 7.89. The molecule has 2 aromatic heterocycles. The summed E-state index contributed by atoms with van der Waals surface area (Å²) >= 11 is 28.6. The Balaban J connectivity index is 0.00000126. The van der Waals surface area contributed by atoms with Gasteiger partial charge in [0.2, 0.25) is 0 Å². The zero-order chi connectivity index (χ0) is 49.3. The number of rotatable bonds is 6. The topological polar surface area (TPSA) is 135 Å². The molecule has 12 nitrogen and oxygen atoms in total. The van der Waals surface area contributed by atoms with E-state index in [1.165, 1.54) is 45.0 Å². The Labute approximate surface area is 397 Å². The molecule has 1 aliphatic rings. The first kappa shape index (κ1) is 60.9. The van der Waals surface area contributed by atoms with Crippen LogP contribution in [0.2, 0.25) is 0 Å². The third-order valence-corrected chi connectivity index (χ3v) is 14.1. The van der Waals surface area contributed by atoms with Crippen molar-refractivity contribution in [1.82, 2.24) is 0 Å². The van der Waals surface area contributed by atoms with Crippen LogP contribution in [0, 0.1) is 27.7 Å². The maximum Gasteiger partial charge on any atom is 0.485 e. The first-order chi connectivity index (χ1) is 28.9. The Bertz CT molecular complexity index is 2020. The van der Waals surface area contributed by atoms with Crippen LogP contribution in [-0.2, 0) is 20.2 Å². The van der Waals surface area contributed by atoms with E-state index in [0.717, 1.165) is 0 Å². The van der Waals surface area contributed by atoms with Crippen molar-refractivity contribution in [3.63, 3.8) is 0 Å². The predicted molar refractivity (Wildman–Crippen MR) is 245 cm³/mol. The molecule has 63 heavy (non-hydrogen) atoms. The molecule has 2 aromatic carbocycles. The molecule has 0 atom stereocenters. The average Bonchev–Trinajstić information content (AvgIpc) is 3.14. The molecule has 28 heteroatoms. The minimum Gasteiger partial charge on any atom is -0.741 e. The standard InChI is InChI=1S/C30H38N6P2.3CH2Cl2.2CHF3O3S/c1-23-11-9-12-24(2)29(23)35-37(33-19-15-27(16-20-33)31(5)6)36(30-25(3)13-10-14-26(30)4)38(35)34-21-17-28(18-22-34)32(7)8;3*2-1-3;2*2-1(3,4)8(5,6)7/h9-22H,1-8H3;3*1H2;2*(H,5,6,7)/q+2;;;;;/p-2. The fourth-order valence-electron chi connectivity index (χ4n) is 4.92. The van der Waals surface area contributed by atoms with Gasteiger partial charge < -0.3 is 18.9 Å². The van der Waals surface area contributed by atoms with Crippen molar-refractivity contribution < 1.29 is 61.0 Å². The lowest BCUT2D eigenvalue weighted by molar-refractivity contribution is -0.523. The summed E-state index contributed by atoms with van der Waals surface area (Å²) in [7, 11) is -5.60. The summed E-state index contributed by atoms with van der Waals surface area (Å²) in [5.74, 6) is 0. The molecule has 0 radical (unpaired) electrons. The normalized spacial score (nSPS) is 14.6. The van der Waals surface area contributed by atoms with E-state index in [9.17, 15) is 26.3 Å². The van der Waals surface area contributed by atoms with Gasteiger partial charge in [-0.2, -0.15) is 43.9 Å². The van der Waals surface area contributed by atoms with Gasteiger partial charge in [0.1, 0.15) is 0 Å². The van der Waals surface area contributed by atoms with E-state index in [-0.39, 0.29) is 16.0 Å². The van der Waals surface area contributed by atoms with Crippen LogP contribution in [-0.4, -0.2) is 81.2 Å². The molecule has 4 aromatic rings. The number of hydrogen-bond acceptors (Lipinski definition) is 10. The lowest BCUT2D eigenvalue weighted by Crippen LogP contribution is -2.58. The van der Waals surface area contributed by atoms with Gasteiger partial charge in [-0.25, -0.2) is 16.8 Å². The lowest BCUT2D eigenvalue weighted by atomic mass is 10.1. The van der Waals surface area contributed by atoms with Crippen molar-refractivity contribution in [3.8, 4) is 0 Å². The number of benzene rings is 2. The molecule has 1 saturated heterocycles. The zero-order valence-electron chi connectivity index (χ0n) is 34.6. The van der Waals surface area contributed by atoms with Crippen LogP contribution >= 0.6 is 86.4 Å². The molecule has 3 heterocycles. The van der Waals surface area contributed by atoms with Gasteiger partial charge in [-0.15, -0.1) is 69.6 Å². The van der Waals surface area contributed by atoms with Crippen molar-refractivity contribution in [1.29, 1.82) is 0 Å². The number of para-hydroxylation sites is 2. The van der Waals surface area contributed by atoms with Crippen LogP contribution < -0.4 is 27.4 Å². The third-order valence-electron chi connectivity index (χ3n) is 7.56. The van der Waals surface area contributed by atoms with Crippen LogP contribution in [0.4, 0.5) is 49.1 Å². The number of anilines is 4. The highest BCUT2D eigenvalue weighted by atomic mass is 35.5. The maximum absolute atomic E-state index is 10.7. The number of aryl methyl sites for hydroxylation is 4. The first-order valence-electron chi connectivity index (χ1n) is 17.0. The Morgan fingerprint density at radius 2 is 0.714 bits per heavy atom. The van der Waals surface area contributed by atoms with Crippen LogP contribution in [0.3, 0.4) is 0 Å². The van der Waals surface area contributed by atoms with Crippen molar-refractivity contribution >= 4 is 129 Å². The van der Waals surface area contributed by atoms with Crippen molar-refractivity contribution in [2.24, 2.45) is 0 Å². The quantitative estimate of drug-likeness (QED) is 0.0604. The van der Waals surface area contributed by atoms with Gasteiger partial charge in [0.25, 0.3) is 0 Å². The average molecular weight is 1100 g/mol. The Hall–Kier alpha value is -2.06. The molecule has 356 valence electrons. The Morgan fingerprint density at radius 1 is 0.524 bits per heavy atom. The van der Waals surface area contributed by atoms with E-state index >= 15 is 0 Å². The molecule has 1 aliphatic heterocycles. The van der Waals surface area contributed by atoms with Crippen LogP contribution in [0.15, 0.2) is 85.5 Å². The van der Waals surface area contributed by atoms with E-state index < -0.39 is 48.0 Å². The van der Waals surface area contributed by atoms with Crippen LogP contribution in [0.5, 0.6) is 0 Å². The second kappa shape index (κ2) is 27.5. The number of pyridine rings is 2. The molecule has 0 N–H and O–H groups in total. The van der Waals surface area contributed by atoms with E-state index in [0.29, 0.717) is 0 Å². The summed E-state index contributed by atoms with van der Waals surface area (Å²) in [6, 6.07) is 22.2. The largest absolute Gasteiger partial charge is 0.741 e. The molecule has 0 bridgehead atoms. The number of hydrogen-bond donors (Lipinski definition) is 0. The predicted octanol–water partition coefficient (Wildman–Crippen LogP) is 10.9. The third kappa shape index (κ3) is 18.6. The molecular weight excluding hydrogens is 1050 g/mol. The SMILES string of the molecule is Cc1cccc(C)c1N1P([n+]2ccc(N(C)C)cc2)N(c2c(C)cccc2C)P1[n+]1ccc(N(C)C)cc1.ClCCl.ClCCl.ClCCl.O=S(=O)([O-])C(F)(F)F.O=S(=O)([O-])C(F)(F)F. The molecule has 1 fully saturated rings. The summed E-state index contributed by atoms with van der Waals surface area (Å²) in [6.07, 6.45) is 8.98. The van der Waals surface area contributed by atoms with Gasteiger partial charge in [-0.05, 0) is 49.9 Å². The van der Waals surface area contributed by atoms with Crippen molar-refractivity contribution in [3.05, 3.63) is 108 Å². The monoisotopic (exact) mass is 1090 g/mol. The summed E-state index contributed by atoms with van der Waals surface area (Å²) in [6.45, 7) is 8.96. The molecule has 0 aliphatic carbocycles. The smallest absolute Gasteiger partial charge is 0.485 e. The van der Waals surface area contributed by atoms with E-state index in [1.54, 1.807) is 0 Å². The summed E-state index contributed by atoms with van der Waals surface area (Å²) in [4.78, 5) is 4.31. The lowest BCUT2D eigenvalue weighted by Gasteiger charge is -2.47. The van der Waals surface area contributed by atoms with Gasteiger partial charge in [0, 0.05) is 63.8 Å². The zero-order valence-corrected chi connectivity index (χ0v) is 42.5. The van der Waals surface area contributed by atoms with Crippen LogP contribution in [0.1, 0.15) is 22.3 Å². The summed E-state index contributed by atoms with van der Waals surface area (Å²) in [5, 5.41) is 0.583. The van der Waals surface area contributed by atoms with Gasteiger partial charge >= 0.3 is 27.8 Å². The van der Waals surface area contributed by atoms with Gasteiger partial charge in [-0.3, -0.25) is 0 Å². The Morgan fingerprint density at radius 3 is 0.873 bits per heavy atom. The summed E-state index contributed by atoms with van der Waals surface area (Å²) < 4.78 is 128. The Kier molecular flexibility index (Phi) is 26.6. The van der Waals surface area contributed by atoms with E-state index in [4.69, 9.17) is 95.5 Å². The number of halogens is 12. The molecule has 0 saturated carbocycles. The van der Waals surface area contributed by atoms with E-state index in [2.05, 4.69) is 169 Å². The van der Waals surface area contributed by atoms with Gasteiger partial charge in [0.15, 0.2) is 45.0 Å². The molecule has 0 amide bonds. The first-order valence-corrected chi connectivity index (χ1v) is 25.5. The minimum atomic E-state index is -6.09. The fraction of sp³-hybridized carbons (Fsp3) is 0.371. The van der Waals surface area contributed by atoms with Gasteiger partial charge in [0.05, 0.1) is 27.4 Å². The molecule has 0 unspecified atom stereocenters. The number of nitrogens with zero attached hydrogens (tertiary/aromatic N) is 6. The molecule has 5 rings (SSSR count). The second-order valence-electron chi connectivity index (χ2n) is 12.4. The highest BCUT2D eigenvalue weighted by Gasteiger charge is 2.65. The van der Waals surface area contributed by atoms with Crippen LogP contribution in [0.25, 0.3) is 0 Å². The van der Waals surface area contributed by atoms with Crippen molar-refractivity contribution in [2.75, 3.05) is 62.9 Å². The summed E-state index contributed by atoms with van der Waals surface area (Å²) in [5.41, 5.74) is -0.996. The number of aromatic nitrogens is 2. The highest BCUT2D eigenvalue weighted by Crippen LogP contribution is 2.75. The minimum absolute atomic E-state index is 0.194.